The number of nitrogens with zero attached hydrogens (tertiary/aromatic N) is 4. The summed E-state index contributed by atoms with van der Waals surface area (Å²) in [5.41, 5.74) is 2.35. The Morgan fingerprint density at radius 3 is 2.42 bits per heavy atom. The lowest BCUT2D eigenvalue weighted by Crippen LogP contribution is -2.49. The zero-order chi connectivity index (χ0) is 18.7. The molecule has 0 radical (unpaired) electrons. The minimum atomic E-state index is -0.00370. The second-order valence-corrected chi connectivity index (χ2v) is 7.74. The number of halogens is 1. The van der Waals surface area contributed by atoms with Crippen LogP contribution in [0.4, 0.5) is 0 Å². The SMILES string of the molecule is Cc1nn(Cc2ccccc2)c(Cl)c1C(=O)N1CCN(CC(C)C)CC1. The van der Waals surface area contributed by atoms with E-state index >= 15 is 0 Å². The van der Waals surface area contributed by atoms with Crippen molar-refractivity contribution in [3.8, 4) is 0 Å². The van der Waals surface area contributed by atoms with Crippen LogP contribution in [-0.4, -0.2) is 58.2 Å². The van der Waals surface area contributed by atoms with E-state index in [1.165, 1.54) is 0 Å². The molecule has 1 aliphatic rings. The smallest absolute Gasteiger partial charge is 0.258 e. The van der Waals surface area contributed by atoms with E-state index in [4.69, 9.17) is 11.6 Å². The molecule has 1 amide bonds. The summed E-state index contributed by atoms with van der Waals surface area (Å²) in [6, 6.07) is 10.0. The fraction of sp³-hybridized carbons (Fsp3) is 0.500. The second-order valence-electron chi connectivity index (χ2n) is 7.38. The summed E-state index contributed by atoms with van der Waals surface area (Å²) < 4.78 is 1.72. The first-order chi connectivity index (χ1) is 12.5. The van der Waals surface area contributed by atoms with E-state index in [1.807, 2.05) is 42.2 Å². The first-order valence-electron chi connectivity index (χ1n) is 9.24. The van der Waals surface area contributed by atoms with Gasteiger partial charge >= 0.3 is 0 Å². The molecule has 6 heteroatoms. The highest BCUT2D eigenvalue weighted by atomic mass is 35.5. The van der Waals surface area contributed by atoms with E-state index in [9.17, 15) is 4.79 Å². The number of rotatable bonds is 5. The van der Waals surface area contributed by atoms with Gasteiger partial charge in [0.25, 0.3) is 5.91 Å². The van der Waals surface area contributed by atoms with Gasteiger partial charge in [-0.15, -0.1) is 0 Å². The molecule has 0 aliphatic carbocycles. The molecule has 5 nitrogen and oxygen atoms in total. The van der Waals surface area contributed by atoms with Crippen LogP contribution in [0.3, 0.4) is 0 Å². The van der Waals surface area contributed by atoms with E-state index in [1.54, 1.807) is 4.68 Å². The number of hydrogen-bond acceptors (Lipinski definition) is 3. The summed E-state index contributed by atoms with van der Waals surface area (Å²) in [5.74, 6) is 0.640. The fourth-order valence-corrected chi connectivity index (χ4v) is 3.78. The standard InChI is InChI=1S/C20H27ClN4O/c1-15(2)13-23-9-11-24(12-10-23)20(26)18-16(3)22-25(19(18)21)14-17-7-5-4-6-8-17/h4-8,15H,9-14H2,1-3H3. The molecule has 2 heterocycles. The van der Waals surface area contributed by atoms with E-state index in [0.717, 1.165) is 38.3 Å². The van der Waals surface area contributed by atoms with Gasteiger partial charge in [0.1, 0.15) is 5.15 Å². The number of aromatic nitrogens is 2. The molecule has 0 bridgehead atoms. The maximum Gasteiger partial charge on any atom is 0.258 e. The van der Waals surface area contributed by atoms with Gasteiger partial charge in [-0.05, 0) is 18.4 Å². The van der Waals surface area contributed by atoms with Crippen LogP contribution in [0.25, 0.3) is 0 Å². The Labute approximate surface area is 160 Å². The molecule has 140 valence electrons. The molecule has 1 saturated heterocycles. The van der Waals surface area contributed by atoms with Gasteiger partial charge in [0, 0.05) is 32.7 Å². The van der Waals surface area contributed by atoms with Crippen LogP contribution in [0.2, 0.25) is 5.15 Å². The van der Waals surface area contributed by atoms with Crippen molar-refractivity contribution >= 4 is 17.5 Å². The average molecular weight is 375 g/mol. The summed E-state index contributed by atoms with van der Waals surface area (Å²) in [6.07, 6.45) is 0. The van der Waals surface area contributed by atoms with Crippen molar-refractivity contribution < 1.29 is 4.79 Å². The molecule has 1 aromatic heterocycles. The van der Waals surface area contributed by atoms with Crippen LogP contribution < -0.4 is 0 Å². The Hall–Kier alpha value is -1.85. The fourth-order valence-electron chi connectivity index (χ4n) is 3.47. The van der Waals surface area contributed by atoms with E-state index in [2.05, 4.69) is 23.8 Å². The number of carbonyl (C=O) groups is 1. The molecule has 1 aromatic carbocycles. The molecule has 0 unspecified atom stereocenters. The molecule has 0 saturated carbocycles. The number of benzene rings is 1. The van der Waals surface area contributed by atoms with E-state index in [-0.39, 0.29) is 5.91 Å². The Morgan fingerprint density at radius 1 is 1.15 bits per heavy atom. The molecule has 1 fully saturated rings. The number of hydrogen-bond donors (Lipinski definition) is 0. The van der Waals surface area contributed by atoms with Crippen molar-refractivity contribution in [3.63, 3.8) is 0 Å². The molecule has 1 aliphatic heterocycles. The molecule has 3 rings (SSSR count). The van der Waals surface area contributed by atoms with Gasteiger partial charge in [-0.25, -0.2) is 4.68 Å². The number of amides is 1. The largest absolute Gasteiger partial charge is 0.336 e. The van der Waals surface area contributed by atoms with Crippen LogP contribution in [0.15, 0.2) is 30.3 Å². The van der Waals surface area contributed by atoms with Gasteiger partial charge in [0.15, 0.2) is 0 Å². The van der Waals surface area contributed by atoms with Crippen molar-refractivity contribution in [2.45, 2.75) is 27.3 Å². The van der Waals surface area contributed by atoms with Crippen molar-refractivity contribution in [1.82, 2.24) is 19.6 Å². The highest BCUT2D eigenvalue weighted by Crippen LogP contribution is 2.23. The molecular formula is C20H27ClN4O. The molecule has 0 spiro atoms. The first-order valence-corrected chi connectivity index (χ1v) is 9.62. The van der Waals surface area contributed by atoms with Gasteiger partial charge in [0.05, 0.1) is 17.8 Å². The number of piperazine rings is 1. The minimum absolute atomic E-state index is 0.00370. The number of aryl methyl sites for hydroxylation is 1. The highest BCUT2D eigenvalue weighted by molar-refractivity contribution is 6.33. The summed E-state index contributed by atoms with van der Waals surface area (Å²) in [4.78, 5) is 17.3. The Morgan fingerprint density at radius 2 is 1.81 bits per heavy atom. The molecule has 2 aromatic rings. The molecule has 0 atom stereocenters. The summed E-state index contributed by atoms with van der Waals surface area (Å²) >= 11 is 6.53. The Bertz CT molecular complexity index is 749. The van der Waals surface area contributed by atoms with Gasteiger partial charge in [0.2, 0.25) is 0 Å². The van der Waals surface area contributed by atoms with E-state index in [0.29, 0.717) is 28.9 Å². The van der Waals surface area contributed by atoms with Gasteiger partial charge in [-0.2, -0.15) is 5.10 Å². The van der Waals surface area contributed by atoms with Crippen molar-refractivity contribution in [1.29, 1.82) is 0 Å². The third-order valence-electron chi connectivity index (χ3n) is 4.74. The van der Waals surface area contributed by atoms with Crippen LogP contribution in [-0.2, 0) is 6.54 Å². The predicted octanol–water partition coefficient (Wildman–Crippen LogP) is 3.31. The lowest BCUT2D eigenvalue weighted by Gasteiger charge is -2.35. The maximum atomic E-state index is 13.0. The Kier molecular flexibility index (Phi) is 5.99. The summed E-state index contributed by atoms with van der Waals surface area (Å²) in [6.45, 7) is 11.3. The van der Waals surface area contributed by atoms with Crippen LogP contribution >= 0.6 is 11.6 Å². The van der Waals surface area contributed by atoms with Crippen LogP contribution in [0.5, 0.6) is 0 Å². The zero-order valence-corrected chi connectivity index (χ0v) is 16.5. The minimum Gasteiger partial charge on any atom is -0.336 e. The van der Waals surface area contributed by atoms with Crippen LogP contribution in [0.1, 0.15) is 35.5 Å². The summed E-state index contributed by atoms with van der Waals surface area (Å²) in [5, 5.41) is 4.93. The van der Waals surface area contributed by atoms with Gasteiger partial charge in [-0.1, -0.05) is 55.8 Å². The summed E-state index contributed by atoms with van der Waals surface area (Å²) in [7, 11) is 0. The Balaban J connectivity index is 1.70. The van der Waals surface area contributed by atoms with Crippen molar-refractivity contribution in [2.75, 3.05) is 32.7 Å². The highest BCUT2D eigenvalue weighted by Gasteiger charge is 2.27. The van der Waals surface area contributed by atoms with Crippen molar-refractivity contribution in [3.05, 3.63) is 52.3 Å². The maximum absolute atomic E-state index is 13.0. The zero-order valence-electron chi connectivity index (χ0n) is 15.8. The van der Waals surface area contributed by atoms with Crippen LogP contribution in [0, 0.1) is 12.8 Å². The van der Waals surface area contributed by atoms with Gasteiger partial charge < -0.3 is 4.90 Å². The quantitative estimate of drug-likeness (QED) is 0.806. The van der Waals surface area contributed by atoms with Gasteiger partial charge in [-0.3, -0.25) is 9.69 Å². The average Bonchev–Trinajstić information content (AvgIpc) is 2.89. The van der Waals surface area contributed by atoms with Crippen molar-refractivity contribution in [2.24, 2.45) is 5.92 Å². The molecular weight excluding hydrogens is 348 g/mol. The second kappa shape index (κ2) is 8.23. The third kappa shape index (κ3) is 4.27. The van der Waals surface area contributed by atoms with E-state index < -0.39 is 0 Å². The molecule has 0 N–H and O–H groups in total. The lowest BCUT2D eigenvalue weighted by atomic mass is 10.1. The third-order valence-corrected chi connectivity index (χ3v) is 5.12. The first kappa shape index (κ1) is 18.9. The topological polar surface area (TPSA) is 41.4 Å². The number of carbonyl (C=O) groups excluding carboxylic acids is 1. The molecule has 26 heavy (non-hydrogen) atoms. The lowest BCUT2D eigenvalue weighted by molar-refractivity contribution is 0.0623. The normalized spacial score (nSPS) is 15.7. The predicted molar refractivity (Wildman–Crippen MR) is 105 cm³/mol. The monoisotopic (exact) mass is 374 g/mol.